The van der Waals surface area contributed by atoms with E-state index in [0.717, 1.165) is 0 Å². The maximum Gasteiger partial charge on any atom is 0.335 e. The summed E-state index contributed by atoms with van der Waals surface area (Å²) in [6.07, 6.45) is 3.10. The van der Waals surface area contributed by atoms with Gasteiger partial charge >= 0.3 is 5.97 Å². The van der Waals surface area contributed by atoms with Gasteiger partial charge in [0.25, 0.3) is 0 Å². The van der Waals surface area contributed by atoms with Crippen LogP contribution in [0.4, 0.5) is 11.4 Å². The van der Waals surface area contributed by atoms with Crippen LogP contribution in [0.2, 0.25) is 0 Å². The number of carbonyl (C=O) groups is 1. The topological polar surface area (TPSA) is 86.0 Å². The van der Waals surface area contributed by atoms with Crippen molar-refractivity contribution in [3.63, 3.8) is 0 Å². The maximum absolute atomic E-state index is 10.9. The van der Waals surface area contributed by atoms with Gasteiger partial charge in [-0.1, -0.05) is 0 Å². The molecule has 0 fully saturated rings. The van der Waals surface area contributed by atoms with Crippen molar-refractivity contribution in [3.05, 3.63) is 53.3 Å². The van der Waals surface area contributed by atoms with Crippen LogP contribution in [0.1, 0.15) is 21.5 Å². The van der Waals surface area contributed by atoms with E-state index >= 15 is 0 Å². The molecule has 2 N–H and O–H groups in total. The summed E-state index contributed by atoms with van der Waals surface area (Å²) in [5.41, 5.74) is 2.70. The maximum atomic E-state index is 10.9. The quantitative estimate of drug-likeness (QED) is 0.878. The lowest BCUT2D eigenvalue weighted by molar-refractivity contribution is 0.0696. The number of carboxylic acids is 1. The molecule has 1 heterocycles. The first-order valence-corrected chi connectivity index (χ1v) is 5.57. The van der Waals surface area contributed by atoms with Gasteiger partial charge < -0.3 is 10.4 Å². The lowest BCUT2D eigenvalue weighted by Gasteiger charge is -2.09. The van der Waals surface area contributed by atoms with Gasteiger partial charge in [0.1, 0.15) is 6.07 Å². The number of aromatic nitrogens is 1. The number of aromatic carboxylic acids is 1. The van der Waals surface area contributed by atoms with Crippen molar-refractivity contribution < 1.29 is 9.90 Å². The van der Waals surface area contributed by atoms with Gasteiger partial charge in [-0.2, -0.15) is 5.26 Å². The van der Waals surface area contributed by atoms with Crippen LogP contribution in [0.5, 0.6) is 0 Å². The number of hydrogen-bond acceptors (Lipinski definition) is 4. The van der Waals surface area contributed by atoms with Gasteiger partial charge in [-0.15, -0.1) is 0 Å². The Balaban J connectivity index is 2.32. The fourth-order valence-electron chi connectivity index (χ4n) is 1.73. The first-order chi connectivity index (χ1) is 9.11. The van der Waals surface area contributed by atoms with Crippen molar-refractivity contribution in [1.82, 2.24) is 4.98 Å². The highest BCUT2D eigenvalue weighted by atomic mass is 16.4. The smallest absolute Gasteiger partial charge is 0.335 e. The van der Waals surface area contributed by atoms with Crippen molar-refractivity contribution in [1.29, 1.82) is 5.26 Å². The summed E-state index contributed by atoms with van der Waals surface area (Å²) in [6.45, 7) is 1.73. The Hall–Kier alpha value is -2.87. The number of hydrogen-bond donors (Lipinski definition) is 2. The summed E-state index contributed by atoms with van der Waals surface area (Å²) in [4.78, 5) is 14.9. The third-order valence-corrected chi connectivity index (χ3v) is 2.68. The largest absolute Gasteiger partial charge is 0.478 e. The van der Waals surface area contributed by atoms with Crippen molar-refractivity contribution in [2.45, 2.75) is 6.92 Å². The third-order valence-electron chi connectivity index (χ3n) is 2.68. The van der Waals surface area contributed by atoms with E-state index in [4.69, 9.17) is 10.4 Å². The number of pyridine rings is 1. The number of aryl methyl sites for hydroxylation is 1. The second-order valence-electron chi connectivity index (χ2n) is 3.99. The van der Waals surface area contributed by atoms with Crippen LogP contribution in [-0.2, 0) is 0 Å². The van der Waals surface area contributed by atoms with Crippen LogP contribution in [0, 0.1) is 18.3 Å². The molecule has 0 saturated carbocycles. The number of anilines is 2. The monoisotopic (exact) mass is 253 g/mol. The predicted molar refractivity (Wildman–Crippen MR) is 70.4 cm³/mol. The minimum absolute atomic E-state index is 0.261. The summed E-state index contributed by atoms with van der Waals surface area (Å²) in [5.74, 6) is -0.955. The number of nitrogens with zero attached hydrogens (tertiary/aromatic N) is 2. The average Bonchev–Trinajstić information content (AvgIpc) is 2.39. The number of nitrogens with one attached hydrogen (secondary N) is 1. The van der Waals surface area contributed by atoms with E-state index < -0.39 is 5.97 Å². The molecule has 19 heavy (non-hydrogen) atoms. The van der Waals surface area contributed by atoms with Gasteiger partial charge in [0.2, 0.25) is 0 Å². The van der Waals surface area contributed by atoms with Gasteiger partial charge in [-0.25, -0.2) is 4.79 Å². The van der Waals surface area contributed by atoms with Crippen molar-refractivity contribution in [3.8, 4) is 6.07 Å². The molecule has 0 amide bonds. The average molecular weight is 253 g/mol. The number of nitriles is 1. The van der Waals surface area contributed by atoms with Crippen LogP contribution in [-0.4, -0.2) is 16.1 Å². The summed E-state index contributed by atoms with van der Waals surface area (Å²) < 4.78 is 0. The highest BCUT2D eigenvalue weighted by Gasteiger charge is 2.08. The zero-order chi connectivity index (χ0) is 13.8. The molecule has 0 radical (unpaired) electrons. The molecule has 0 saturated heterocycles. The van der Waals surface area contributed by atoms with Crippen LogP contribution in [0.25, 0.3) is 0 Å². The predicted octanol–water partition coefficient (Wildman–Crippen LogP) is 2.70. The molecule has 5 heteroatoms. The Bertz CT molecular complexity index is 675. The molecular weight excluding hydrogens is 242 g/mol. The fraction of sp³-hybridized carbons (Fsp3) is 0.0714. The molecule has 2 aromatic rings. The number of benzene rings is 1. The van der Waals surface area contributed by atoms with Crippen molar-refractivity contribution >= 4 is 17.3 Å². The molecular formula is C14H11N3O2. The molecule has 0 bridgehead atoms. The highest BCUT2D eigenvalue weighted by molar-refractivity contribution is 5.90. The van der Waals surface area contributed by atoms with Crippen LogP contribution in [0.15, 0.2) is 36.7 Å². The Kier molecular flexibility index (Phi) is 3.44. The molecule has 94 valence electrons. The minimum atomic E-state index is -0.955. The summed E-state index contributed by atoms with van der Waals surface area (Å²) in [6, 6.07) is 8.58. The van der Waals surface area contributed by atoms with Gasteiger partial charge in [0, 0.05) is 11.9 Å². The lowest BCUT2D eigenvalue weighted by Crippen LogP contribution is -2.01. The molecule has 1 aromatic carbocycles. The number of rotatable bonds is 3. The van der Waals surface area contributed by atoms with Gasteiger partial charge in [-0.05, 0) is 36.8 Å². The zero-order valence-electron chi connectivity index (χ0n) is 10.2. The Labute approximate surface area is 110 Å². The van der Waals surface area contributed by atoms with E-state index in [1.165, 1.54) is 6.07 Å². The van der Waals surface area contributed by atoms with E-state index in [1.807, 2.05) is 0 Å². The molecule has 0 aliphatic rings. The Morgan fingerprint density at radius 3 is 2.84 bits per heavy atom. The van der Waals surface area contributed by atoms with E-state index in [9.17, 15) is 4.79 Å². The molecule has 0 aliphatic carbocycles. The summed E-state index contributed by atoms with van der Waals surface area (Å²) in [5, 5.41) is 21.0. The minimum Gasteiger partial charge on any atom is -0.478 e. The van der Waals surface area contributed by atoms with Crippen molar-refractivity contribution in [2.24, 2.45) is 0 Å². The fourth-order valence-corrected chi connectivity index (χ4v) is 1.73. The van der Waals surface area contributed by atoms with Crippen LogP contribution in [0.3, 0.4) is 0 Å². The number of carboxylic acid groups (broad SMARTS) is 1. The summed E-state index contributed by atoms with van der Waals surface area (Å²) >= 11 is 0. The van der Waals surface area contributed by atoms with E-state index in [1.54, 1.807) is 37.5 Å². The molecule has 0 unspecified atom stereocenters. The first kappa shape index (κ1) is 12.6. The van der Waals surface area contributed by atoms with Crippen LogP contribution < -0.4 is 5.32 Å². The van der Waals surface area contributed by atoms with E-state index in [0.29, 0.717) is 22.5 Å². The van der Waals surface area contributed by atoms with Crippen molar-refractivity contribution in [2.75, 3.05) is 5.32 Å². The Morgan fingerprint density at radius 1 is 1.42 bits per heavy atom. The normalized spacial score (nSPS) is 9.68. The Morgan fingerprint density at radius 2 is 2.21 bits per heavy atom. The molecule has 0 atom stereocenters. The van der Waals surface area contributed by atoms with Gasteiger partial charge in [0.05, 0.1) is 23.0 Å². The SMILES string of the molecule is Cc1cc(Nc2cnccc2C#N)ccc1C(=O)O. The van der Waals surface area contributed by atoms with Crippen LogP contribution >= 0.6 is 0 Å². The molecule has 2 rings (SSSR count). The van der Waals surface area contributed by atoms with E-state index in [-0.39, 0.29) is 5.56 Å². The van der Waals surface area contributed by atoms with Gasteiger partial charge in [0.15, 0.2) is 0 Å². The van der Waals surface area contributed by atoms with E-state index in [2.05, 4.69) is 16.4 Å². The third kappa shape index (κ3) is 2.69. The second kappa shape index (κ2) is 5.19. The highest BCUT2D eigenvalue weighted by Crippen LogP contribution is 2.21. The molecule has 1 aromatic heterocycles. The molecule has 0 aliphatic heterocycles. The molecule has 0 spiro atoms. The second-order valence-corrected chi connectivity index (χ2v) is 3.99. The standard InChI is InChI=1S/C14H11N3O2/c1-9-6-11(2-3-12(9)14(18)19)17-13-8-16-5-4-10(13)7-15/h2-6,8,17H,1H3,(H,18,19). The lowest BCUT2D eigenvalue weighted by atomic mass is 10.1. The molecule has 5 nitrogen and oxygen atoms in total. The first-order valence-electron chi connectivity index (χ1n) is 5.57. The van der Waals surface area contributed by atoms with Gasteiger partial charge in [-0.3, -0.25) is 4.98 Å². The summed E-state index contributed by atoms with van der Waals surface area (Å²) in [7, 11) is 0. The zero-order valence-corrected chi connectivity index (χ0v) is 10.2.